The summed E-state index contributed by atoms with van der Waals surface area (Å²) in [6.07, 6.45) is 0.739. The summed E-state index contributed by atoms with van der Waals surface area (Å²) in [6.45, 7) is 6.48. The molecule has 0 spiro atoms. The van der Waals surface area contributed by atoms with E-state index in [1.165, 1.54) is 0 Å². The second kappa shape index (κ2) is 8.07. The molecule has 0 saturated heterocycles. The van der Waals surface area contributed by atoms with Crippen LogP contribution in [0.2, 0.25) is 0 Å². The number of tetrazole rings is 1. The maximum atomic E-state index is 12.8. The van der Waals surface area contributed by atoms with E-state index in [1.807, 2.05) is 26.0 Å². The lowest BCUT2D eigenvalue weighted by atomic mass is 9.95. The Kier molecular flexibility index (Phi) is 5.58. The molecule has 0 saturated carbocycles. The van der Waals surface area contributed by atoms with Gasteiger partial charge in [-0.3, -0.25) is 0 Å². The first-order chi connectivity index (χ1) is 13.1. The number of ether oxygens (including phenoxy) is 3. The lowest BCUT2D eigenvalue weighted by Crippen LogP contribution is -2.29. The molecular formula is C18H23N5O4. The van der Waals surface area contributed by atoms with Crippen molar-refractivity contribution in [2.45, 2.75) is 33.2 Å². The summed E-state index contributed by atoms with van der Waals surface area (Å²) in [5.74, 6) is 1.26. The van der Waals surface area contributed by atoms with Gasteiger partial charge in [-0.1, -0.05) is 18.1 Å². The number of anilines is 1. The van der Waals surface area contributed by atoms with Gasteiger partial charge in [-0.2, -0.15) is 4.68 Å². The number of allylic oxidation sites excluding steroid dienone is 1. The number of fused-ring (bicyclic) bond motifs is 1. The van der Waals surface area contributed by atoms with Crippen LogP contribution in [0, 0.1) is 0 Å². The van der Waals surface area contributed by atoms with Crippen molar-refractivity contribution >= 4 is 11.9 Å². The van der Waals surface area contributed by atoms with Crippen LogP contribution >= 0.6 is 0 Å². The molecule has 9 nitrogen and oxygen atoms in total. The third-order valence-corrected chi connectivity index (χ3v) is 4.17. The van der Waals surface area contributed by atoms with Crippen LogP contribution in [0.5, 0.6) is 11.5 Å². The Labute approximate surface area is 157 Å². The fourth-order valence-electron chi connectivity index (χ4n) is 2.99. The number of aromatic nitrogens is 4. The second-order valence-electron chi connectivity index (χ2n) is 5.99. The number of esters is 1. The summed E-state index contributed by atoms with van der Waals surface area (Å²) < 4.78 is 18.0. The van der Waals surface area contributed by atoms with E-state index in [2.05, 4.69) is 20.8 Å². The third kappa shape index (κ3) is 3.57. The Bertz CT molecular complexity index is 861. The maximum Gasteiger partial charge on any atom is 0.338 e. The van der Waals surface area contributed by atoms with Gasteiger partial charge in [0.2, 0.25) is 5.95 Å². The lowest BCUT2D eigenvalue weighted by molar-refractivity contribution is -0.139. The van der Waals surface area contributed by atoms with Gasteiger partial charge < -0.3 is 19.5 Å². The summed E-state index contributed by atoms with van der Waals surface area (Å²) in [7, 11) is 1.58. The molecule has 1 N–H and O–H groups in total. The Hall–Kier alpha value is -3.10. The van der Waals surface area contributed by atoms with Crippen molar-refractivity contribution < 1.29 is 19.0 Å². The van der Waals surface area contributed by atoms with Crippen LogP contribution < -0.4 is 14.8 Å². The predicted molar refractivity (Wildman–Crippen MR) is 97.7 cm³/mol. The summed E-state index contributed by atoms with van der Waals surface area (Å²) in [5.41, 5.74) is 1.89. The molecule has 0 fully saturated rings. The Balaban J connectivity index is 2.09. The number of rotatable bonds is 7. The molecule has 3 rings (SSSR count). The number of nitrogens with one attached hydrogen (secondary N) is 1. The van der Waals surface area contributed by atoms with Gasteiger partial charge in [0.05, 0.1) is 25.9 Å². The van der Waals surface area contributed by atoms with Crippen LogP contribution in [-0.2, 0) is 9.53 Å². The first kappa shape index (κ1) is 18.7. The Morgan fingerprint density at radius 3 is 2.81 bits per heavy atom. The van der Waals surface area contributed by atoms with Crippen molar-refractivity contribution in [1.82, 2.24) is 20.2 Å². The van der Waals surface area contributed by atoms with E-state index in [1.54, 1.807) is 24.8 Å². The van der Waals surface area contributed by atoms with E-state index in [9.17, 15) is 4.79 Å². The molecular weight excluding hydrogens is 350 g/mol. The SMILES string of the molecule is CCCOC(=O)C1=C(C)Nc2nnnn2C1c1ccc(OC)c(OCC)c1. The van der Waals surface area contributed by atoms with Gasteiger partial charge in [0.15, 0.2) is 11.5 Å². The number of carbonyl (C=O) groups is 1. The van der Waals surface area contributed by atoms with Gasteiger partial charge in [-0.05, 0) is 48.4 Å². The van der Waals surface area contributed by atoms with E-state index in [0.29, 0.717) is 41.9 Å². The molecule has 1 atom stereocenters. The van der Waals surface area contributed by atoms with Gasteiger partial charge in [0, 0.05) is 5.70 Å². The molecule has 2 heterocycles. The van der Waals surface area contributed by atoms with E-state index in [0.717, 1.165) is 12.0 Å². The fourth-order valence-corrected chi connectivity index (χ4v) is 2.99. The zero-order valence-electron chi connectivity index (χ0n) is 15.9. The van der Waals surface area contributed by atoms with Gasteiger partial charge >= 0.3 is 5.97 Å². The van der Waals surface area contributed by atoms with E-state index in [-0.39, 0.29) is 0 Å². The predicted octanol–water partition coefficient (Wildman–Crippen LogP) is 2.32. The van der Waals surface area contributed by atoms with Gasteiger partial charge in [0.25, 0.3) is 0 Å². The molecule has 9 heteroatoms. The van der Waals surface area contributed by atoms with Crippen molar-refractivity contribution in [3.8, 4) is 11.5 Å². The van der Waals surface area contributed by atoms with Crippen molar-refractivity contribution in [3.05, 3.63) is 35.0 Å². The minimum absolute atomic E-state index is 0.345. The van der Waals surface area contributed by atoms with Crippen LogP contribution in [0.4, 0.5) is 5.95 Å². The van der Waals surface area contributed by atoms with Crippen molar-refractivity contribution in [2.24, 2.45) is 0 Å². The lowest BCUT2D eigenvalue weighted by Gasteiger charge is -2.27. The first-order valence-corrected chi connectivity index (χ1v) is 8.84. The maximum absolute atomic E-state index is 12.8. The highest BCUT2D eigenvalue weighted by atomic mass is 16.5. The smallest absolute Gasteiger partial charge is 0.338 e. The van der Waals surface area contributed by atoms with E-state index < -0.39 is 12.0 Å². The summed E-state index contributed by atoms with van der Waals surface area (Å²) >= 11 is 0. The topological polar surface area (TPSA) is 100 Å². The molecule has 27 heavy (non-hydrogen) atoms. The fraction of sp³-hybridized carbons (Fsp3) is 0.444. The van der Waals surface area contributed by atoms with Crippen molar-refractivity contribution in [2.75, 3.05) is 25.6 Å². The van der Waals surface area contributed by atoms with Crippen molar-refractivity contribution in [3.63, 3.8) is 0 Å². The molecule has 2 aromatic rings. The highest BCUT2D eigenvalue weighted by molar-refractivity contribution is 5.92. The zero-order chi connectivity index (χ0) is 19.4. The van der Waals surface area contributed by atoms with Gasteiger partial charge in [-0.15, -0.1) is 0 Å². The van der Waals surface area contributed by atoms with Crippen LogP contribution in [0.25, 0.3) is 0 Å². The molecule has 0 aliphatic carbocycles. The van der Waals surface area contributed by atoms with E-state index >= 15 is 0 Å². The average Bonchev–Trinajstić information content (AvgIpc) is 3.13. The molecule has 1 aromatic heterocycles. The summed E-state index contributed by atoms with van der Waals surface area (Å²) in [4.78, 5) is 12.8. The number of benzene rings is 1. The normalized spacial score (nSPS) is 15.8. The molecule has 0 bridgehead atoms. The Morgan fingerprint density at radius 1 is 1.30 bits per heavy atom. The summed E-state index contributed by atoms with van der Waals surface area (Å²) in [5, 5.41) is 14.8. The number of carbonyl (C=O) groups excluding carboxylic acids is 1. The monoisotopic (exact) mass is 373 g/mol. The highest BCUT2D eigenvalue weighted by Crippen LogP contribution is 2.38. The van der Waals surface area contributed by atoms with Gasteiger partial charge in [0.1, 0.15) is 6.04 Å². The number of hydrogen-bond donors (Lipinski definition) is 1. The van der Waals surface area contributed by atoms with Crippen LogP contribution in [0.1, 0.15) is 38.8 Å². The van der Waals surface area contributed by atoms with Crippen LogP contribution in [0.3, 0.4) is 0 Å². The zero-order valence-corrected chi connectivity index (χ0v) is 15.9. The Morgan fingerprint density at radius 2 is 2.11 bits per heavy atom. The average molecular weight is 373 g/mol. The van der Waals surface area contributed by atoms with Crippen molar-refractivity contribution in [1.29, 1.82) is 0 Å². The summed E-state index contributed by atoms with van der Waals surface area (Å²) in [6, 6.07) is 4.97. The number of methoxy groups -OCH3 is 1. The second-order valence-corrected chi connectivity index (χ2v) is 5.99. The minimum atomic E-state index is -0.536. The van der Waals surface area contributed by atoms with E-state index in [4.69, 9.17) is 14.2 Å². The molecule has 1 unspecified atom stereocenters. The molecule has 0 amide bonds. The van der Waals surface area contributed by atoms with Gasteiger partial charge in [-0.25, -0.2) is 4.79 Å². The molecule has 144 valence electrons. The quantitative estimate of drug-likeness (QED) is 0.738. The van der Waals surface area contributed by atoms with Crippen LogP contribution in [-0.4, -0.2) is 46.5 Å². The minimum Gasteiger partial charge on any atom is -0.493 e. The van der Waals surface area contributed by atoms with Crippen LogP contribution in [0.15, 0.2) is 29.5 Å². The molecule has 1 aromatic carbocycles. The number of nitrogens with zero attached hydrogens (tertiary/aromatic N) is 4. The third-order valence-electron chi connectivity index (χ3n) is 4.17. The molecule has 1 aliphatic rings. The highest BCUT2D eigenvalue weighted by Gasteiger charge is 2.35. The molecule has 0 radical (unpaired) electrons. The number of hydrogen-bond acceptors (Lipinski definition) is 8. The standard InChI is InChI=1S/C18H23N5O4/c1-5-9-27-17(24)15-11(3)19-18-20-21-22-23(18)16(15)12-7-8-13(25-4)14(10-12)26-6-2/h7-8,10,16H,5-6,9H2,1-4H3,(H,19,20,22). The largest absolute Gasteiger partial charge is 0.493 e. The molecule has 1 aliphatic heterocycles. The first-order valence-electron chi connectivity index (χ1n) is 8.84.